The average molecular weight is 375 g/mol. The van der Waals surface area contributed by atoms with E-state index in [4.69, 9.17) is 10.5 Å². The van der Waals surface area contributed by atoms with Crippen molar-refractivity contribution in [2.75, 3.05) is 12.3 Å². The first kappa shape index (κ1) is 18.5. The SMILES string of the molecule is CCOC(=O)c1ccnc(-n2cc(N)c(-c3ccc(C(F)(F)F)cc3)c2)c1. The largest absolute Gasteiger partial charge is 0.462 e. The highest BCUT2D eigenvalue weighted by atomic mass is 19.4. The Kier molecular flexibility index (Phi) is 4.89. The number of alkyl halides is 3. The molecule has 0 spiro atoms. The highest BCUT2D eigenvalue weighted by molar-refractivity contribution is 5.89. The maximum Gasteiger partial charge on any atom is 0.416 e. The Hall–Kier alpha value is -3.29. The van der Waals surface area contributed by atoms with Crippen LogP contribution in [0.2, 0.25) is 0 Å². The molecule has 3 aromatic rings. The number of hydrogen-bond acceptors (Lipinski definition) is 4. The molecule has 0 aliphatic rings. The molecule has 140 valence electrons. The van der Waals surface area contributed by atoms with Gasteiger partial charge < -0.3 is 15.0 Å². The average Bonchev–Trinajstić information content (AvgIpc) is 3.03. The maximum atomic E-state index is 12.7. The zero-order valence-electron chi connectivity index (χ0n) is 14.3. The number of benzene rings is 1. The molecule has 0 amide bonds. The molecule has 0 aliphatic carbocycles. The van der Waals surface area contributed by atoms with E-state index in [-0.39, 0.29) is 6.61 Å². The number of carbonyl (C=O) groups is 1. The minimum atomic E-state index is -4.40. The van der Waals surface area contributed by atoms with Crippen molar-refractivity contribution in [3.05, 3.63) is 66.1 Å². The van der Waals surface area contributed by atoms with E-state index in [9.17, 15) is 18.0 Å². The van der Waals surface area contributed by atoms with E-state index < -0.39 is 17.7 Å². The van der Waals surface area contributed by atoms with Crippen molar-refractivity contribution >= 4 is 11.7 Å². The van der Waals surface area contributed by atoms with Crippen LogP contribution in [0.5, 0.6) is 0 Å². The Balaban J connectivity index is 1.93. The van der Waals surface area contributed by atoms with Crippen LogP contribution >= 0.6 is 0 Å². The molecule has 0 unspecified atom stereocenters. The topological polar surface area (TPSA) is 70.1 Å². The van der Waals surface area contributed by atoms with Crippen molar-refractivity contribution in [3.8, 4) is 16.9 Å². The second-order valence-electron chi connectivity index (χ2n) is 5.73. The standard InChI is InChI=1S/C19H16F3N3O2/c1-2-27-18(26)13-7-8-24-17(9-13)25-10-15(16(23)11-25)12-3-5-14(6-4-12)19(20,21)22/h3-11H,2,23H2,1H3. The Morgan fingerprint density at radius 2 is 1.89 bits per heavy atom. The number of anilines is 1. The number of rotatable bonds is 4. The number of nitrogen functional groups attached to an aromatic ring is 1. The molecule has 0 fully saturated rings. The molecule has 0 saturated carbocycles. The van der Waals surface area contributed by atoms with Crippen LogP contribution in [0.15, 0.2) is 55.0 Å². The Morgan fingerprint density at radius 3 is 2.52 bits per heavy atom. The predicted octanol–water partition coefficient (Wildman–Crippen LogP) is 4.32. The van der Waals surface area contributed by atoms with Crippen molar-refractivity contribution < 1.29 is 22.7 Å². The number of carbonyl (C=O) groups excluding carboxylic acids is 1. The van der Waals surface area contributed by atoms with Gasteiger partial charge in [0.25, 0.3) is 0 Å². The summed E-state index contributed by atoms with van der Waals surface area (Å²) in [6.07, 6.45) is 0.308. The second-order valence-corrected chi connectivity index (χ2v) is 5.73. The number of hydrogen-bond donors (Lipinski definition) is 1. The normalized spacial score (nSPS) is 11.4. The van der Waals surface area contributed by atoms with Crippen LogP contribution in [0.25, 0.3) is 16.9 Å². The molecule has 27 heavy (non-hydrogen) atoms. The van der Waals surface area contributed by atoms with Gasteiger partial charge in [-0.25, -0.2) is 9.78 Å². The maximum absolute atomic E-state index is 12.7. The van der Waals surface area contributed by atoms with E-state index in [0.29, 0.717) is 28.2 Å². The van der Waals surface area contributed by atoms with Crippen molar-refractivity contribution in [1.29, 1.82) is 0 Å². The molecule has 5 nitrogen and oxygen atoms in total. The van der Waals surface area contributed by atoms with Gasteiger partial charge in [0.1, 0.15) is 5.82 Å². The Bertz CT molecular complexity index is 963. The minimum absolute atomic E-state index is 0.255. The fourth-order valence-corrected chi connectivity index (χ4v) is 2.58. The summed E-state index contributed by atoms with van der Waals surface area (Å²) in [5, 5.41) is 0. The predicted molar refractivity (Wildman–Crippen MR) is 94.4 cm³/mol. The quantitative estimate of drug-likeness (QED) is 0.690. The monoisotopic (exact) mass is 375 g/mol. The molecular weight excluding hydrogens is 359 g/mol. The van der Waals surface area contributed by atoms with Crippen molar-refractivity contribution in [2.24, 2.45) is 0 Å². The first-order valence-corrected chi connectivity index (χ1v) is 8.08. The number of nitrogens with two attached hydrogens (primary N) is 1. The molecule has 0 atom stereocenters. The molecule has 3 rings (SSSR count). The molecule has 8 heteroatoms. The summed E-state index contributed by atoms with van der Waals surface area (Å²) in [7, 11) is 0. The van der Waals surface area contributed by atoms with Gasteiger partial charge in [-0.15, -0.1) is 0 Å². The van der Waals surface area contributed by atoms with Crippen LogP contribution in [0.1, 0.15) is 22.8 Å². The smallest absolute Gasteiger partial charge is 0.416 e. The number of ether oxygens (including phenoxy) is 1. The lowest BCUT2D eigenvalue weighted by atomic mass is 10.1. The third-order valence-corrected chi connectivity index (χ3v) is 3.90. The lowest BCUT2D eigenvalue weighted by Crippen LogP contribution is -2.06. The summed E-state index contributed by atoms with van der Waals surface area (Å²) in [5.74, 6) is -0.0327. The van der Waals surface area contributed by atoms with Gasteiger partial charge in [0.15, 0.2) is 0 Å². The molecule has 0 saturated heterocycles. The van der Waals surface area contributed by atoms with Gasteiger partial charge in [0.05, 0.1) is 23.4 Å². The van der Waals surface area contributed by atoms with Gasteiger partial charge in [-0.3, -0.25) is 0 Å². The van der Waals surface area contributed by atoms with Gasteiger partial charge in [-0.2, -0.15) is 13.2 Å². The third-order valence-electron chi connectivity index (χ3n) is 3.90. The molecule has 2 N–H and O–H groups in total. The Morgan fingerprint density at radius 1 is 1.19 bits per heavy atom. The van der Waals surface area contributed by atoms with Crippen LogP contribution in [-0.2, 0) is 10.9 Å². The van der Waals surface area contributed by atoms with E-state index in [1.165, 1.54) is 24.4 Å². The number of aromatic nitrogens is 2. The molecular formula is C19H16F3N3O2. The molecule has 0 aliphatic heterocycles. The first-order valence-electron chi connectivity index (χ1n) is 8.08. The zero-order valence-corrected chi connectivity index (χ0v) is 14.3. The number of pyridine rings is 1. The van der Waals surface area contributed by atoms with E-state index in [0.717, 1.165) is 12.1 Å². The van der Waals surface area contributed by atoms with Crippen LogP contribution in [0.3, 0.4) is 0 Å². The van der Waals surface area contributed by atoms with Crippen LogP contribution in [-0.4, -0.2) is 22.1 Å². The first-order chi connectivity index (χ1) is 12.8. The summed E-state index contributed by atoms with van der Waals surface area (Å²) < 4.78 is 44.7. The van der Waals surface area contributed by atoms with Gasteiger partial charge in [0, 0.05) is 24.2 Å². The van der Waals surface area contributed by atoms with E-state index in [1.807, 2.05) is 0 Å². The molecule has 0 bridgehead atoms. The minimum Gasteiger partial charge on any atom is -0.462 e. The zero-order chi connectivity index (χ0) is 19.6. The molecule has 2 heterocycles. The van der Waals surface area contributed by atoms with Gasteiger partial charge in [0.2, 0.25) is 0 Å². The second kappa shape index (κ2) is 7.14. The summed E-state index contributed by atoms with van der Waals surface area (Å²) in [6.45, 7) is 1.97. The molecule has 0 radical (unpaired) electrons. The third kappa shape index (κ3) is 3.94. The summed E-state index contributed by atoms with van der Waals surface area (Å²) in [6, 6.07) is 7.82. The summed E-state index contributed by atoms with van der Waals surface area (Å²) in [4.78, 5) is 16.1. The van der Waals surface area contributed by atoms with Crippen molar-refractivity contribution in [2.45, 2.75) is 13.1 Å². The Labute approximate surface area is 153 Å². The van der Waals surface area contributed by atoms with Gasteiger partial charge >= 0.3 is 12.1 Å². The molecule has 1 aromatic carbocycles. The number of nitrogens with zero attached hydrogens (tertiary/aromatic N) is 2. The van der Waals surface area contributed by atoms with Crippen LogP contribution < -0.4 is 5.73 Å². The highest BCUT2D eigenvalue weighted by Crippen LogP contribution is 2.33. The summed E-state index contributed by atoms with van der Waals surface area (Å²) in [5.41, 5.74) is 7.10. The number of esters is 1. The van der Waals surface area contributed by atoms with E-state index in [1.54, 1.807) is 30.0 Å². The van der Waals surface area contributed by atoms with Crippen LogP contribution in [0.4, 0.5) is 18.9 Å². The van der Waals surface area contributed by atoms with Gasteiger partial charge in [-0.05, 0) is 36.8 Å². The van der Waals surface area contributed by atoms with Gasteiger partial charge in [-0.1, -0.05) is 12.1 Å². The highest BCUT2D eigenvalue weighted by Gasteiger charge is 2.30. The fourth-order valence-electron chi connectivity index (χ4n) is 2.58. The fraction of sp³-hybridized carbons (Fsp3) is 0.158. The number of halogens is 3. The lowest BCUT2D eigenvalue weighted by Gasteiger charge is -2.07. The lowest BCUT2D eigenvalue weighted by molar-refractivity contribution is -0.137. The summed E-state index contributed by atoms with van der Waals surface area (Å²) >= 11 is 0. The van der Waals surface area contributed by atoms with Crippen LogP contribution in [0, 0.1) is 0 Å². The van der Waals surface area contributed by atoms with E-state index in [2.05, 4.69) is 4.98 Å². The van der Waals surface area contributed by atoms with Crippen molar-refractivity contribution in [3.63, 3.8) is 0 Å². The van der Waals surface area contributed by atoms with Crippen molar-refractivity contribution in [1.82, 2.24) is 9.55 Å². The van der Waals surface area contributed by atoms with E-state index >= 15 is 0 Å². The molecule has 2 aromatic heterocycles.